The first-order chi connectivity index (χ1) is 15.2. The normalized spacial score (nSPS) is 17.2. The van der Waals surface area contributed by atoms with Crippen LogP contribution in [0, 0.1) is 6.92 Å². The third-order valence-corrected chi connectivity index (χ3v) is 7.32. The number of nitrogens with one attached hydrogen (secondary N) is 2. The van der Waals surface area contributed by atoms with Crippen LogP contribution >= 0.6 is 23.1 Å². The van der Waals surface area contributed by atoms with Crippen molar-refractivity contribution in [1.82, 2.24) is 10.3 Å². The minimum Gasteiger partial charge on any atom is -0.361 e. The zero-order valence-corrected chi connectivity index (χ0v) is 19.0. The van der Waals surface area contributed by atoms with Crippen molar-refractivity contribution in [3.8, 4) is 0 Å². The van der Waals surface area contributed by atoms with E-state index in [0.717, 1.165) is 40.2 Å². The van der Waals surface area contributed by atoms with E-state index in [4.69, 9.17) is 9.98 Å². The largest absolute Gasteiger partial charge is 0.361 e. The van der Waals surface area contributed by atoms with Crippen LogP contribution in [0.15, 0.2) is 77.8 Å². The zero-order chi connectivity index (χ0) is 21.0. The van der Waals surface area contributed by atoms with Gasteiger partial charge in [0.2, 0.25) is 0 Å². The Morgan fingerprint density at radius 2 is 1.87 bits per heavy atom. The first-order valence-electron chi connectivity index (χ1n) is 10.5. The summed E-state index contributed by atoms with van der Waals surface area (Å²) in [6, 6.07) is 25.7. The molecule has 31 heavy (non-hydrogen) atoms. The minimum absolute atomic E-state index is 0.335. The first-order valence-corrected chi connectivity index (χ1v) is 12.3. The molecule has 0 spiro atoms. The lowest BCUT2D eigenvalue weighted by Gasteiger charge is -2.09. The number of hydrogen-bond acceptors (Lipinski definition) is 5. The number of nitrogens with zero attached hydrogens (tertiary/aromatic N) is 2. The van der Waals surface area contributed by atoms with Gasteiger partial charge < -0.3 is 10.6 Å². The number of hydrogen-bond donors (Lipinski definition) is 2. The van der Waals surface area contributed by atoms with E-state index in [0.29, 0.717) is 6.04 Å². The molecule has 6 heteroatoms. The average molecular weight is 445 g/mol. The molecule has 4 aromatic rings. The molecule has 156 valence electrons. The summed E-state index contributed by atoms with van der Waals surface area (Å²) in [5.74, 6) is 1.01. The molecule has 0 aliphatic carbocycles. The van der Waals surface area contributed by atoms with Crippen molar-refractivity contribution in [2.24, 2.45) is 4.99 Å². The second-order valence-corrected chi connectivity index (χ2v) is 9.66. The maximum absolute atomic E-state index is 4.78. The molecule has 4 nitrogen and oxygen atoms in total. The number of benzene rings is 3. The number of aryl methyl sites for hydroxylation is 1. The highest BCUT2D eigenvalue weighted by molar-refractivity contribution is 8.14. The molecule has 1 fully saturated rings. The molecular formula is C25H24N4S2. The summed E-state index contributed by atoms with van der Waals surface area (Å²) in [5, 5.41) is 8.99. The Bertz CT molecular complexity index is 1200. The summed E-state index contributed by atoms with van der Waals surface area (Å²) in [6.07, 6.45) is 0.953. The van der Waals surface area contributed by atoms with Crippen LogP contribution in [0.4, 0.5) is 10.8 Å². The molecule has 3 aromatic carbocycles. The number of fused-ring (bicyclic) bond motifs is 1. The third kappa shape index (κ3) is 4.75. The number of rotatable bonds is 6. The van der Waals surface area contributed by atoms with Gasteiger partial charge in [-0.2, -0.15) is 0 Å². The molecule has 0 amide bonds. The smallest absolute Gasteiger partial charge is 0.183 e. The van der Waals surface area contributed by atoms with Crippen molar-refractivity contribution < 1.29 is 0 Å². The topological polar surface area (TPSA) is 49.3 Å². The number of aliphatic imine (C=N–C) groups is 1. The van der Waals surface area contributed by atoms with Crippen molar-refractivity contribution in [3.63, 3.8) is 0 Å². The fourth-order valence-corrected chi connectivity index (χ4v) is 5.62. The Morgan fingerprint density at radius 1 is 1.03 bits per heavy atom. The summed E-state index contributed by atoms with van der Waals surface area (Å²) in [7, 11) is 0. The lowest BCUT2D eigenvalue weighted by molar-refractivity contribution is 0.752. The fourth-order valence-electron chi connectivity index (χ4n) is 3.65. The van der Waals surface area contributed by atoms with Gasteiger partial charge in [-0.05, 0) is 48.2 Å². The summed E-state index contributed by atoms with van der Waals surface area (Å²) in [6.45, 7) is 2.97. The number of thioether (sulfide) groups is 1. The van der Waals surface area contributed by atoms with E-state index >= 15 is 0 Å². The average Bonchev–Trinajstić information content (AvgIpc) is 3.43. The molecule has 1 aliphatic heterocycles. The Balaban J connectivity index is 1.16. The van der Waals surface area contributed by atoms with Crippen molar-refractivity contribution in [3.05, 3.63) is 89.5 Å². The lowest BCUT2D eigenvalue weighted by Crippen LogP contribution is -2.18. The van der Waals surface area contributed by atoms with Crippen molar-refractivity contribution in [2.75, 3.05) is 17.6 Å². The lowest BCUT2D eigenvalue weighted by atomic mass is 10.1. The van der Waals surface area contributed by atoms with Gasteiger partial charge in [0.05, 0.1) is 21.9 Å². The summed E-state index contributed by atoms with van der Waals surface area (Å²) in [4.78, 5) is 9.50. The van der Waals surface area contributed by atoms with Gasteiger partial charge in [0, 0.05) is 12.3 Å². The van der Waals surface area contributed by atoms with E-state index in [1.54, 1.807) is 23.1 Å². The first kappa shape index (κ1) is 20.1. The Kier molecular flexibility index (Phi) is 5.91. The molecule has 0 radical (unpaired) electrons. The fraction of sp³-hybridized carbons (Fsp3) is 0.200. The van der Waals surface area contributed by atoms with Gasteiger partial charge in [-0.25, -0.2) is 9.98 Å². The van der Waals surface area contributed by atoms with E-state index in [1.807, 2.05) is 0 Å². The summed E-state index contributed by atoms with van der Waals surface area (Å²) >= 11 is 3.50. The maximum atomic E-state index is 4.78. The molecule has 1 atom stereocenters. The van der Waals surface area contributed by atoms with E-state index in [1.165, 1.54) is 21.4 Å². The molecule has 1 aromatic heterocycles. The van der Waals surface area contributed by atoms with Crippen molar-refractivity contribution >= 4 is 49.3 Å². The second-order valence-electron chi connectivity index (χ2n) is 7.62. The van der Waals surface area contributed by atoms with Gasteiger partial charge in [-0.15, -0.1) is 0 Å². The number of aromatic nitrogens is 1. The van der Waals surface area contributed by atoms with E-state index in [2.05, 4.69) is 90.4 Å². The number of thiazole rings is 1. The molecule has 1 saturated heterocycles. The molecule has 0 bridgehead atoms. The standard InChI is InChI=1S/C25H24N4S2/c1-17-6-5-9-22-23(17)29-24(31-22)26-15-14-18-10-12-20(13-11-18)27-25-28-21(16-30-25)19-7-3-2-4-8-19/h2-13,21H,14-16H2,1H3,(H,26,29)(H,27,28)/t21-/m1/s1. The molecular weight excluding hydrogens is 420 g/mol. The second kappa shape index (κ2) is 9.12. The minimum atomic E-state index is 0.335. The van der Waals surface area contributed by atoms with Gasteiger partial charge in [0.25, 0.3) is 0 Å². The zero-order valence-electron chi connectivity index (χ0n) is 17.3. The van der Waals surface area contributed by atoms with E-state index in [9.17, 15) is 0 Å². The van der Waals surface area contributed by atoms with Crippen LogP contribution in [0.25, 0.3) is 10.2 Å². The predicted octanol–water partition coefficient (Wildman–Crippen LogP) is 6.32. The Hall–Kier alpha value is -2.83. The number of para-hydroxylation sites is 1. The Morgan fingerprint density at radius 3 is 2.68 bits per heavy atom. The molecule has 1 aliphatic rings. The number of amidine groups is 1. The molecule has 5 rings (SSSR count). The van der Waals surface area contributed by atoms with Gasteiger partial charge in [0.1, 0.15) is 0 Å². The Labute approximate surface area is 190 Å². The van der Waals surface area contributed by atoms with Gasteiger partial charge in [-0.3, -0.25) is 0 Å². The van der Waals surface area contributed by atoms with E-state index < -0.39 is 0 Å². The number of anilines is 1. The van der Waals surface area contributed by atoms with Crippen molar-refractivity contribution in [2.45, 2.75) is 19.4 Å². The third-order valence-electron chi connectivity index (χ3n) is 5.36. The quantitative estimate of drug-likeness (QED) is 0.365. The van der Waals surface area contributed by atoms with Crippen LogP contribution in [0.5, 0.6) is 0 Å². The molecule has 2 N–H and O–H groups in total. The summed E-state index contributed by atoms with van der Waals surface area (Å²) in [5.41, 5.74) is 5.92. The van der Waals surface area contributed by atoms with Crippen LogP contribution in [0.1, 0.15) is 22.7 Å². The van der Waals surface area contributed by atoms with Crippen LogP contribution in [-0.2, 0) is 6.42 Å². The van der Waals surface area contributed by atoms with Crippen molar-refractivity contribution in [1.29, 1.82) is 0 Å². The van der Waals surface area contributed by atoms with Crippen LogP contribution in [0.2, 0.25) is 0 Å². The van der Waals surface area contributed by atoms with Gasteiger partial charge in [-0.1, -0.05) is 77.7 Å². The predicted molar refractivity (Wildman–Crippen MR) is 135 cm³/mol. The highest BCUT2D eigenvalue weighted by Crippen LogP contribution is 2.29. The highest BCUT2D eigenvalue weighted by atomic mass is 32.2. The SMILES string of the molecule is Cc1cccc2sc(NCCc3ccc(/N=C4/N[C@@H](c5ccccc5)CS4)cc3)nc12. The molecule has 0 saturated carbocycles. The maximum Gasteiger partial charge on any atom is 0.183 e. The van der Waals surface area contributed by atoms with Crippen LogP contribution in [-0.4, -0.2) is 22.4 Å². The van der Waals surface area contributed by atoms with E-state index in [-0.39, 0.29) is 0 Å². The summed E-state index contributed by atoms with van der Waals surface area (Å²) < 4.78 is 1.24. The van der Waals surface area contributed by atoms with Gasteiger partial charge >= 0.3 is 0 Å². The van der Waals surface area contributed by atoms with Crippen LogP contribution in [0.3, 0.4) is 0 Å². The molecule has 2 heterocycles. The van der Waals surface area contributed by atoms with Crippen LogP contribution < -0.4 is 10.6 Å². The highest BCUT2D eigenvalue weighted by Gasteiger charge is 2.21. The van der Waals surface area contributed by atoms with Gasteiger partial charge in [0.15, 0.2) is 10.3 Å². The molecule has 0 unspecified atom stereocenters. The monoisotopic (exact) mass is 444 g/mol.